The quantitative estimate of drug-likeness (QED) is 0.771. The van der Waals surface area contributed by atoms with Crippen molar-refractivity contribution in [2.75, 3.05) is 31.6 Å². The molecule has 1 fully saturated rings. The number of ether oxygens (including phenoxy) is 1. The Morgan fingerprint density at radius 1 is 1.33 bits per heavy atom. The van der Waals surface area contributed by atoms with Gasteiger partial charge >= 0.3 is 0 Å². The molecule has 1 aliphatic rings. The molecule has 1 aromatic heterocycles. The SMILES string of the molecule is Cc1ncc(NCCOC2CCNCC2)nc1C. The molecule has 0 spiro atoms. The predicted octanol–water partition coefficient (Wildman–Crippen LogP) is 1.27. The molecule has 18 heavy (non-hydrogen) atoms. The van der Waals surface area contributed by atoms with Crippen molar-refractivity contribution < 1.29 is 4.74 Å². The highest BCUT2D eigenvalue weighted by Gasteiger charge is 2.12. The topological polar surface area (TPSA) is 59.1 Å². The number of hydrogen-bond donors (Lipinski definition) is 2. The normalized spacial score (nSPS) is 16.8. The second-order valence-electron chi connectivity index (χ2n) is 4.67. The standard InChI is InChI=1S/C13H22N4O/c1-10-11(2)17-13(9-16-10)15-7-8-18-12-3-5-14-6-4-12/h9,12,14H,3-8H2,1-2H3,(H,15,17). The van der Waals surface area contributed by atoms with Gasteiger partial charge in [-0.15, -0.1) is 0 Å². The molecule has 0 unspecified atom stereocenters. The summed E-state index contributed by atoms with van der Waals surface area (Å²) in [7, 11) is 0. The van der Waals surface area contributed by atoms with E-state index in [4.69, 9.17) is 4.74 Å². The van der Waals surface area contributed by atoms with Crippen molar-refractivity contribution in [1.82, 2.24) is 15.3 Å². The molecule has 100 valence electrons. The summed E-state index contributed by atoms with van der Waals surface area (Å²) in [6, 6.07) is 0. The Morgan fingerprint density at radius 2 is 2.11 bits per heavy atom. The van der Waals surface area contributed by atoms with Crippen molar-refractivity contribution in [1.29, 1.82) is 0 Å². The Hall–Kier alpha value is -1.20. The van der Waals surface area contributed by atoms with Gasteiger partial charge in [0.05, 0.1) is 30.3 Å². The van der Waals surface area contributed by atoms with E-state index in [1.807, 2.05) is 13.8 Å². The van der Waals surface area contributed by atoms with Crippen molar-refractivity contribution >= 4 is 5.82 Å². The lowest BCUT2D eigenvalue weighted by molar-refractivity contribution is 0.0394. The molecule has 1 saturated heterocycles. The van der Waals surface area contributed by atoms with Crippen LogP contribution >= 0.6 is 0 Å². The zero-order valence-electron chi connectivity index (χ0n) is 11.2. The molecule has 5 heteroatoms. The molecule has 0 aliphatic carbocycles. The van der Waals surface area contributed by atoms with Gasteiger partial charge in [0.15, 0.2) is 0 Å². The number of rotatable bonds is 5. The van der Waals surface area contributed by atoms with Crippen LogP contribution < -0.4 is 10.6 Å². The second kappa shape index (κ2) is 6.66. The molecule has 0 saturated carbocycles. The number of piperidine rings is 1. The Morgan fingerprint density at radius 3 is 2.83 bits per heavy atom. The Labute approximate surface area is 108 Å². The summed E-state index contributed by atoms with van der Waals surface area (Å²) >= 11 is 0. The highest BCUT2D eigenvalue weighted by molar-refractivity contribution is 5.33. The lowest BCUT2D eigenvalue weighted by atomic mass is 10.1. The van der Waals surface area contributed by atoms with E-state index in [2.05, 4.69) is 20.6 Å². The van der Waals surface area contributed by atoms with Gasteiger partial charge in [0.2, 0.25) is 0 Å². The van der Waals surface area contributed by atoms with Crippen LogP contribution in [0.2, 0.25) is 0 Å². The summed E-state index contributed by atoms with van der Waals surface area (Å²) in [5, 5.41) is 6.57. The molecule has 2 heterocycles. The maximum atomic E-state index is 5.81. The molecule has 2 rings (SSSR count). The van der Waals surface area contributed by atoms with Gasteiger partial charge in [0, 0.05) is 6.54 Å². The van der Waals surface area contributed by atoms with E-state index in [0.717, 1.165) is 56.3 Å². The summed E-state index contributed by atoms with van der Waals surface area (Å²) in [6.45, 7) is 7.58. The largest absolute Gasteiger partial charge is 0.376 e. The summed E-state index contributed by atoms with van der Waals surface area (Å²) in [6.07, 6.45) is 4.42. The molecule has 1 aromatic rings. The van der Waals surface area contributed by atoms with E-state index in [0.29, 0.717) is 6.10 Å². The van der Waals surface area contributed by atoms with Crippen LogP contribution in [0.3, 0.4) is 0 Å². The third kappa shape index (κ3) is 3.92. The first kappa shape index (κ1) is 13.2. The summed E-state index contributed by atoms with van der Waals surface area (Å²) in [4.78, 5) is 8.69. The van der Waals surface area contributed by atoms with Gasteiger partial charge in [-0.3, -0.25) is 4.98 Å². The fraction of sp³-hybridized carbons (Fsp3) is 0.692. The zero-order valence-corrected chi connectivity index (χ0v) is 11.2. The molecular weight excluding hydrogens is 228 g/mol. The number of nitrogens with one attached hydrogen (secondary N) is 2. The molecule has 0 bridgehead atoms. The maximum absolute atomic E-state index is 5.81. The van der Waals surface area contributed by atoms with Crippen molar-refractivity contribution in [3.8, 4) is 0 Å². The Kier molecular flexibility index (Phi) is 4.90. The van der Waals surface area contributed by atoms with Gasteiger partial charge in [-0.25, -0.2) is 4.98 Å². The van der Waals surface area contributed by atoms with E-state index < -0.39 is 0 Å². The number of hydrogen-bond acceptors (Lipinski definition) is 5. The summed E-state index contributed by atoms with van der Waals surface area (Å²) in [5.41, 5.74) is 1.95. The molecule has 1 aliphatic heterocycles. The molecule has 0 aromatic carbocycles. The van der Waals surface area contributed by atoms with Crippen LogP contribution in [-0.2, 0) is 4.74 Å². The van der Waals surface area contributed by atoms with Gasteiger partial charge in [-0.1, -0.05) is 0 Å². The third-order valence-corrected chi connectivity index (χ3v) is 3.24. The van der Waals surface area contributed by atoms with E-state index in [9.17, 15) is 0 Å². The number of aromatic nitrogens is 2. The predicted molar refractivity (Wildman–Crippen MR) is 71.8 cm³/mol. The molecule has 0 amide bonds. The van der Waals surface area contributed by atoms with E-state index in [1.54, 1.807) is 6.20 Å². The minimum Gasteiger partial charge on any atom is -0.376 e. The lowest BCUT2D eigenvalue weighted by Crippen LogP contribution is -2.33. The van der Waals surface area contributed by atoms with Crippen LogP contribution in [0.1, 0.15) is 24.2 Å². The van der Waals surface area contributed by atoms with Crippen molar-refractivity contribution in [3.63, 3.8) is 0 Å². The average Bonchev–Trinajstić information content (AvgIpc) is 2.40. The Balaban J connectivity index is 1.66. The maximum Gasteiger partial charge on any atom is 0.144 e. The smallest absolute Gasteiger partial charge is 0.144 e. The number of anilines is 1. The minimum atomic E-state index is 0.416. The second-order valence-corrected chi connectivity index (χ2v) is 4.67. The van der Waals surface area contributed by atoms with E-state index in [-0.39, 0.29) is 0 Å². The van der Waals surface area contributed by atoms with Crippen LogP contribution in [0.4, 0.5) is 5.82 Å². The van der Waals surface area contributed by atoms with Crippen molar-refractivity contribution in [2.45, 2.75) is 32.8 Å². The van der Waals surface area contributed by atoms with Gasteiger partial charge in [-0.2, -0.15) is 0 Å². The minimum absolute atomic E-state index is 0.416. The highest BCUT2D eigenvalue weighted by atomic mass is 16.5. The number of aryl methyl sites for hydroxylation is 2. The van der Waals surface area contributed by atoms with Crippen LogP contribution in [0.25, 0.3) is 0 Å². The summed E-state index contributed by atoms with van der Waals surface area (Å²) < 4.78 is 5.81. The van der Waals surface area contributed by atoms with Crippen LogP contribution in [0.5, 0.6) is 0 Å². The van der Waals surface area contributed by atoms with Crippen LogP contribution in [0, 0.1) is 13.8 Å². The molecule has 0 atom stereocenters. The first-order chi connectivity index (χ1) is 8.75. The average molecular weight is 250 g/mol. The molecule has 2 N–H and O–H groups in total. The highest BCUT2D eigenvalue weighted by Crippen LogP contribution is 2.08. The summed E-state index contributed by atoms with van der Waals surface area (Å²) in [5.74, 6) is 0.826. The first-order valence-electron chi connectivity index (χ1n) is 6.62. The molecule has 5 nitrogen and oxygen atoms in total. The zero-order chi connectivity index (χ0) is 12.8. The first-order valence-corrected chi connectivity index (χ1v) is 6.62. The third-order valence-electron chi connectivity index (χ3n) is 3.24. The van der Waals surface area contributed by atoms with E-state index in [1.165, 1.54) is 0 Å². The van der Waals surface area contributed by atoms with Gasteiger partial charge in [0.1, 0.15) is 5.82 Å². The van der Waals surface area contributed by atoms with Crippen molar-refractivity contribution in [3.05, 3.63) is 17.6 Å². The van der Waals surface area contributed by atoms with Crippen LogP contribution in [0.15, 0.2) is 6.20 Å². The van der Waals surface area contributed by atoms with E-state index >= 15 is 0 Å². The number of nitrogens with zero attached hydrogens (tertiary/aromatic N) is 2. The monoisotopic (exact) mass is 250 g/mol. The lowest BCUT2D eigenvalue weighted by Gasteiger charge is -2.23. The van der Waals surface area contributed by atoms with Gasteiger partial charge < -0.3 is 15.4 Å². The molecule has 0 radical (unpaired) electrons. The van der Waals surface area contributed by atoms with Crippen molar-refractivity contribution in [2.24, 2.45) is 0 Å². The van der Waals surface area contributed by atoms with Gasteiger partial charge in [0.25, 0.3) is 0 Å². The van der Waals surface area contributed by atoms with Crippen LogP contribution in [-0.4, -0.2) is 42.3 Å². The van der Waals surface area contributed by atoms with Gasteiger partial charge in [-0.05, 0) is 39.8 Å². The fourth-order valence-electron chi connectivity index (χ4n) is 1.99. The molecular formula is C13H22N4O. The Bertz CT molecular complexity index is 377. The fourth-order valence-corrected chi connectivity index (χ4v) is 1.99.